The predicted molar refractivity (Wildman–Crippen MR) is 96.5 cm³/mol. The minimum Gasteiger partial charge on any atom is -0.497 e. The fraction of sp³-hybridized carbons (Fsp3) is 0.190. The van der Waals surface area contributed by atoms with Gasteiger partial charge in [0.25, 0.3) is 0 Å². The van der Waals surface area contributed by atoms with Gasteiger partial charge < -0.3 is 9.47 Å². The van der Waals surface area contributed by atoms with Gasteiger partial charge in [0.15, 0.2) is 0 Å². The SMILES string of the molecule is COc1ccc(-c2c(C)[c]nc(C)c2-c2ccc(OC)cc2)cc1. The van der Waals surface area contributed by atoms with E-state index in [1.165, 1.54) is 0 Å². The number of rotatable bonds is 4. The summed E-state index contributed by atoms with van der Waals surface area (Å²) in [6.07, 6.45) is 3.12. The van der Waals surface area contributed by atoms with E-state index in [1.54, 1.807) is 14.2 Å². The zero-order valence-corrected chi connectivity index (χ0v) is 14.4. The van der Waals surface area contributed by atoms with Crippen LogP contribution in [0.5, 0.6) is 11.5 Å². The van der Waals surface area contributed by atoms with Gasteiger partial charge in [-0.3, -0.25) is 4.98 Å². The second kappa shape index (κ2) is 6.75. The molecular weight excluding hydrogens is 298 g/mol. The van der Waals surface area contributed by atoms with Crippen LogP contribution in [0, 0.1) is 20.0 Å². The molecule has 0 unspecified atom stereocenters. The normalized spacial score (nSPS) is 10.5. The Balaban J connectivity index is 2.19. The van der Waals surface area contributed by atoms with Crippen molar-refractivity contribution < 1.29 is 9.47 Å². The van der Waals surface area contributed by atoms with Crippen LogP contribution in [0.15, 0.2) is 48.5 Å². The van der Waals surface area contributed by atoms with Gasteiger partial charge in [0.2, 0.25) is 0 Å². The third kappa shape index (κ3) is 2.98. The highest BCUT2D eigenvalue weighted by Gasteiger charge is 2.14. The van der Waals surface area contributed by atoms with Crippen LogP contribution in [-0.4, -0.2) is 19.2 Å². The van der Waals surface area contributed by atoms with E-state index in [9.17, 15) is 0 Å². The average molecular weight is 318 g/mol. The topological polar surface area (TPSA) is 31.4 Å². The van der Waals surface area contributed by atoms with Crippen molar-refractivity contribution in [2.45, 2.75) is 13.8 Å². The van der Waals surface area contributed by atoms with Crippen molar-refractivity contribution in [1.82, 2.24) is 4.98 Å². The molecule has 3 heteroatoms. The summed E-state index contributed by atoms with van der Waals surface area (Å²) in [7, 11) is 3.35. The van der Waals surface area contributed by atoms with Crippen LogP contribution < -0.4 is 9.47 Å². The molecule has 0 fully saturated rings. The third-order valence-corrected chi connectivity index (χ3v) is 4.14. The number of methoxy groups -OCH3 is 2. The zero-order valence-electron chi connectivity index (χ0n) is 14.4. The summed E-state index contributed by atoms with van der Waals surface area (Å²) < 4.78 is 10.5. The monoisotopic (exact) mass is 318 g/mol. The zero-order chi connectivity index (χ0) is 17.1. The Kier molecular flexibility index (Phi) is 4.52. The van der Waals surface area contributed by atoms with Crippen molar-refractivity contribution in [2.75, 3.05) is 14.2 Å². The molecule has 0 saturated carbocycles. The summed E-state index contributed by atoms with van der Waals surface area (Å²) >= 11 is 0. The lowest BCUT2D eigenvalue weighted by atomic mass is 9.91. The first-order valence-corrected chi connectivity index (χ1v) is 7.81. The maximum atomic E-state index is 5.27. The maximum Gasteiger partial charge on any atom is 0.118 e. The smallest absolute Gasteiger partial charge is 0.118 e. The van der Waals surface area contributed by atoms with E-state index >= 15 is 0 Å². The molecule has 1 heterocycles. The van der Waals surface area contributed by atoms with Gasteiger partial charge in [-0.1, -0.05) is 24.3 Å². The van der Waals surface area contributed by atoms with Gasteiger partial charge >= 0.3 is 0 Å². The second-order valence-corrected chi connectivity index (χ2v) is 5.64. The molecule has 2 aromatic carbocycles. The lowest BCUT2D eigenvalue weighted by molar-refractivity contribution is 0.414. The van der Waals surface area contributed by atoms with Crippen molar-refractivity contribution in [2.24, 2.45) is 0 Å². The molecule has 24 heavy (non-hydrogen) atoms. The quantitative estimate of drug-likeness (QED) is 0.689. The van der Waals surface area contributed by atoms with Crippen molar-refractivity contribution >= 4 is 0 Å². The fourth-order valence-corrected chi connectivity index (χ4v) is 2.88. The van der Waals surface area contributed by atoms with E-state index in [4.69, 9.17) is 9.47 Å². The fourth-order valence-electron chi connectivity index (χ4n) is 2.88. The molecule has 1 radical (unpaired) electrons. The molecule has 0 aliphatic heterocycles. The first-order valence-electron chi connectivity index (χ1n) is 7.81. The molecular formula is C21H20NO2. The third-order valence-electron chi connectivity index (χ3n) is 4.14. The van der Waals surface area contributed by atoms with Gasteiger partial charge in [0.1, 0.15) is 11.5 Å². The number of hydrogen-bond acceptors (Lipinski definition) is 3. The highest BCUT2D eigenvalue weighted by Crippen LogP contribution is 2.37. The van der Waals surface area contributed by atoms with Crippen LogP contribution in [0.2, 0.25) is 0 Å². The maximum absolute atomic E-state index is 5.27. The molecule has 0 aliphatic carbocycles. The van der Waals surface area contributed by atoms with Crippen LogP contribution in [0.3, 0.4) is 0 Å². The number of ether oxygens (including phenoxy) is 2. The first kappa shape index (κ1) is 16.1. The molecule has 121 valence electrons. The minimum absolute atomic E-state index is 0.842. The Labute approximate surface area is 142 Å². The highest BCUT2D eigenvalue weighted by molar-refractivity contribution is 5.86. The second-order valence-electron chi connectivity index (χ2n) is 5.64. The number of aryl methyl sites for hydroxylation is 2. The van der Waals surface area contributed by atoms with E-state index < -0.39 is 0 Å². The molecule has 0 aliphatic rings. The molecule has 3 rings (SSSR count). The van der Waals surface area contributed by atoms with Crippen molar-refractivity contribution in [1.29, 1.82) is 0 Å². The number of hydrogen-bond donors (Lipinski definition) is 0. The van der Waals surface area contributed by atoms with Crippen LogP contribution in [0.4, 0.5) is 0 Å². The standard InChI is InChI=1S/C21H20NO2/c1-14-13-22-15(2)21(17-7-11-19(24-4)12-8-17)20(14)16-5-9-18(23-3)10-6-16/h5-12H,1-4H3. The molecule has 0 amide bonds. The Morgan fingerprint density at radius 2 is 1.17 bits per heavy atom. The average Bonchev–Trinajstić information content (AvgIpc) is 2.63. The summed E-state index contributed by atoms with van der Waals surface area (Å²) in [5.41, 5.74) is 6.49. The number of nitrogens with zero attached hydrogens (tertiary/aromatic N) is 1. The minimum atomic E-state index is 0.842. The number of pyridine rings is 1. The van der Waals surface area contributed by atoms with Gasteiger partial charge in [-0.15, -0.1) is 0 Å². The molecule has 0 bridgehead atoms. The lowest BCUT2D eigenvalue weighted by Crippen LogP contribution is -1.96. The molecule has 3 aromatic rings. The summed E-state index contributed by atoms with van der Waals surface area (Å²) in [6, 6.07) is 16.2. The van der Waals surface area contributed by atoms with Gasteiger partial charge in [-0.25, -0.2) is 0 Å². The van der Waals surface area contributed by atoms with Gasteiger partial charge in [0.05, 0.1) is 20.4 Å². The number of benzene rings is 2. The summed E-state index contributed by atoms with van der Waals surface area (Å²) in [5.74, 6) is 1.69. The van der Waals surface area contributed by atoms with Crippen LogP contribution in [0.1, 0.15) is 11.3 Å². The summed E-state index contributed by atoms with van der Waals surface area (Å²) in [5, 5.41) is 0. The van der Waals surface area contributed by atoms with Crippen molar-refractivity contribution in [3.8, 4) is 33.8 Å². The molecule has 0 N–H and O–H groups in total. The highest BCUT2D eigenvalue weighted by atomic mass is 16.5. The molecule has 3 nitrogen and oxygen atoms in total. The molecule has 0 saturated heterocycles. The van der Waals surface area contributed by atoms with Gasteiger partial charge in [-0.2, -0.15) is 0 Å². The Bertz CT molecular complexity index is 764. The van der Waals surface area contributed by atoms with Gasteiger partial charge in [-0.05, 0) is 60.4 Å². The lowest BCUT2D eigenvalue weighted by Gasteiger charge is -2.16. The Morgan fingerprint density at radius 1 is 0.708 bits per heavy atom. The van der Waals surface area contributed by atoms with E-state index in [0.29, 0.717) is 0 Å². The van der Waals surface area contributed by atoms with Crippen molar-refractivity contribution in [3.05, 3.63) is 66.0 Å². The van der Waals surface area contributed by atoms with Crippen molar-refractivity contribution in [3.63, 3.8) is 0 Å². The molecule has 1 aromatic heterocycles. The van der Waals surface area contributed by atoms with Crippen LogP contribution >= 0.6 is 0 Å². The summed E-state index contributed by atoms with van der Waals surface area (Å²) in [6.45, 7) is 4.06. The molecule has 0 atom stereocenters. The Morgan fingerprint density at radius 3 is 1.62 bits per heavy atom. The van der Waals surface area contributed by atoms with Crippen LogP contribution in [-0.2, 0) is 0 Å². The van der Waals surface area contributed by atoms with Gasteiger partial charge in [0, 0.05) is 11.3 Å². The van der Waals surface area contributed by atoms with E-state index in [0.717, 1.165) is 45.0 Å². The largest absolute Gasteiger partial charge is 0.497 e. The van der Waals surface area contributed by atoms with Crippen LogP contribution in [0.25, 0.3) is 22.3 Å². The Hall–Kier alpha value is -2.81. The number of aromatic nitrogens is 1. The van der Waals surface area contributed by atoms with E-state index in [1.807, 2.05) is 38.1 Å². The first-order chi connectivity index (χ1) is 11.6. The summed E-state index contributed by atoms with van der Waals surface area (Å²) in [4.78, 5) is 4.44. The molecule has 0 spiro atoms. The van der Waals surface area contributed by atoms with E-state index in [-0.39, 0.29) is 0 Å². The predicted octanol–water partition coefficient (Wildman–Crippen LogP) is 4.85. The van der Waals surface area contributed by atoms with E-state index in [2.05, 4.69) is 35.4 Å².